The third kappa shape index (κ3) is 3.45. The predicted octanol–water partition coefficient (Wildman–Crippen LogP) is 6.39. The molecule has 5 rings (SSSR count). The van der Waals surface area contributed by atoms with Crippen molar-refractivity contribution in [1.29, 1.82) is 0 Å². The first-order valence-corrected chi connectivity index (χ1v) is 11.1. The highest BCUT2D eigenvalue weighted by Crippen LogP contribution is 2.35. The summed E-state index contributed by atoms with van der Waals surface area (Å²) in [5.74, 6) is 0.775. The van der Waals surface area contributed by atoms with E-state index < -0.39 is 0 Å². The maximum absolute atomic E-state index is 13.0. The summed E-state index contributed by atoms with van der Waals surface area (Å²) in [4.78, 5) is 17.6. The number of carbonyl (C=O) groups excluding carboxylic acids is 1. The van der Waals surface area contributed by atoms with E-state index in [9.17, 15) is 4.79 Å². The summed E-state index contributed by atoms with van der Waals surface area (Å²) in [6, 6.07) is 16.4. The van der Waals surface area contributed by atoms with Gasteiger partial charge in [0.05, 0.1) is 17.0 Å². The third-order valence-corrected chi connectivity index (χ3v) is 6.55. The number of nitrogens with zero attached hydrogens (tertiary/aromatic N) is 3. The number of benzene rings is 2. The number of Topliss-reactive ketones (excluding diaryl/α,β-unsaturated/α-hetero) is 1. The van der Waals surface area contributed by atoms with Crippen LogP contribution < -0.4 is 0 Å². The molecule has 2 aromatic heterocycles. The highest BCUT2D eigenvalue weighted by Gasteiger charge is 2.30. The average Bonchev–Trinajstić information content (AvgIpc) is 3.10. The Balaban J connectivity index is 1.59. The predicted molar refractivity (Wildman–Crippen MR) is 124 cm³/mol. The summed E-state index contributed by atoms with van der Waals surface area (Å²) in [7, 11) is 0. The molecule has 0 fully saturated rings. The first-order chi connectivity index (χ1) is 14.9. The molecule has 2 heterocycles. The van der Waals surface area contributed by atoms with Crippen LogP contribution in [0, 0.1) is 6.92 Å². The van der Waals surface area contributed by atoms with Crippen LogP contribution in [0.2, 0.25) is 5.02 Å². The first-order valence-electron chi connectivity index (χ1n) is 10.7. The fourth-order valence-electron chi connectivity index (χ4n) is 4.55. The lowest BCUT2D eigenvalue weighted by molar-refractivity contribution is 0.0962. The van der Waals surface area contributed by atoms with Crippen molar-refractivity contribution < 1.29 is 4.79 Å². The van der Waals surface area contributed by atoms with E-state index in [-0.39, 0.29) is 11.7 Å². The Kier molecular flexibility index (Phi) is 4.90. The van der Waals surface area contributed by atoms with Crippen molar-refractivity contribution >= 4 is 23.0 Å². The van der Waals surface area contributed by atoms with Crippen LogP contribution in [0.5, 0.6) is 0 Å². The molecule has 156 valence electrons. The van der Waals surface area contributed by atoms with Gasteiger partial charge >= 0.3 is 0 Å². The molecular formula is C26H24ClN3O. The molecule has 31 heavy (non-hydrogen) atoms. The standard InChI is InChI=1S/C26H24ClN3O/c1-15(2)17-4-6-18(7-5-17)20-12-23-22(24(31)13-20)14-28-26-25(16(3)29-30(23)26)19-8-10-21(27)11-9-19/h4-11,14-15,20H,12-13H2,1-3H3/t20-/m1/s1. The van der Waals surface area contributed by atoms with Crippen LogP contribution in [0.15, 0.2) is 54.7 Å². The fourth-order valence-corrected chi connectivity index (χ4v) is 4.67. The number of aromatic nitrogens is 3. The van der Waals surface area contributed by atoms with Gasteiger partial charge in [-0.2, -0.15) is 5.10 Å². The van der Waals surface area contributed by atoms with Crippen molar-refractivity contribution in [2.24, 2.45) is 0 Å². The summed E-state index contributed by atoms with van der Waals surface area (Å²) < 4.78 is 1.88. The van der Waals surface area contributed by atoms with Crippen molar-refractivity contribution in [3.63, 3.8) is 0 Å². The van der Waals surface area contributed by atoms with Gasteiger partial charge in [-0.3, -0.25) is 4.79 Å². The van der Waals surface area contributed by atoms with Gasteiger partial charge in [-0.05, 0) is 54.0 Å². The summed E-state index contributed by atoms with van der Waals surface area (Å²) in [5, 5.41) is 5.49. The van der Waals surface area contributed by atoms with E-state index in [1.54, 1.807) is 6.20 Å². The van der Waals surface area contributed by atoms with E-state index in [1.165, 1.54) is 11.1 Å². The highest BCUT2D eigenvalue weighted by atomic mass is 35.5. The van der Waals surface area contributed by atoms with E-state index in [0.717, 1.165) is 34.6 Å². The molecule has 0 spiro atoms. The van der Waals surface area contributed by atoms with Gasteiger partial charge in [-0.15, -0.1) is 0 Å². The SMILES string of the molecule is Cc1nn2c3c(cnc2c1-c1ccc(Cl)cc1)C(=O)C[C@H](c1ccc(C(C)C)cc1)C3. The lowest BCUT2D eigenvalue weighted by Gasteiger charge is -2.24. The molecule has 5 heteroatoms. The maximum Gasteiger partial charge on any atom is 0.166 e. The molecule has 0 amide bonds. The quantitative estimate of drug-likeness (QED) is 0.379. The van der Waals surface area contributed by atoms with Crippen molar-refractivity contribution in [3.8, 4) is 11.1 Å². The van der Waals surface area contributed by atoms with Gasteiger partial charge in [0, 0.05) is 23.2 Å². The van der Waals surface area contributed by atoms with E-state index in [1.807, 2.05) is 35.7 Å². The Morgan fingerprint density at radius 2 is 1.74 bits per heavy atom. The number of hydrogen-bond donors (Lipinski definition) is 0. The lowest BCUT2D eigenvalue weighted by Crippen LogP contribution is -2.22. The van der Waals surface area contributed by atoms with Gasteiger partial charge < -0.3 is 0 Å². The number of halogens is 1. The summed E-state index contributed by atoms with van der Waals surface area (Å²) >= 11 is 6.07. The van der Waals surface area contributed by atoms with Crippen LogP contribution in [-0.2, 0) is 6.42 Å². The van der Waals surface area contributed by atoms with Crippen LogP contribution in [0.3, 0.4) is 0 Å². The van der Waals surface area contributed by atoms with Crippen LogP contribution in [0.4, 0.5) is 0 Å². The minimum atomic E-state index is 0.134. The second-order valence-electron chi connectivity index (χ2n) is 8.67. The molecule has 0 aliphatic heterocycles. The van der Waals surface area contributed by atoms with Crippen molar-refractivity contribution in [1.82, 2.24) is 14.6 Å². The number of hydrogen-bond acceptors (Lipinski definition) is 3. The number of fused-ring (bicyclic) bond motifs is 3. The Morgan fingerprint density at radius 1 is 1.03 bits per heavy atom. The average molecular weight is 430 g/mol. The van der Waals surface area contributed by atoms with Crippen LogP contribution in [0.1, 0.15) is 65.0 Å². The van der Waals surface area contributed by atoms with Gasteiger partial charge in [-0.1, -0.05) is 61.8 Å². The number of rotatable bonds is 3. The zero-order valence-electron chi connectivity index (χ0n) is 17.9. The van der Waals surface area contributed by atoms with Gasteiger partial charge in [0.1, 0.15) is 0 Å². The smallest absolute Gasteiger partial charge is 0.166 e. The fraction of sp³-hybridized carbons (Fsp3) is 0.269. The molecule has 0 unspecified atom stereocenters. The van der Waals surface area contributed by atoms with E-state index >= 15 is 0 Å². The van der Waals surface area contributed by atoms with Crippen molar-refractivity contribution in [2.45, 2.75) is 45.4 Å². The molecule has 1 aliphatic rings. The number of aryl methyl sites for hydroxylation is 1. The summed E-state index contributed by atoms with van der Waals surface area (Å²) in [6.07, 6.45) is 3.00. The van der Waals surface area contributed by atoms with Gasteiger partial charge in [0.25, 0.3) is 0 Å². The Labute approximate surface area is 186 Å². The van der Waals surface area contributed by atoms with Crippen molar-refractivity contribution in [2.75, 3.05) is 0 Å². The lowest BCUT2D eigenvalue weighted by atomic mass is 9.81. The summed E-state index contributed by atoms with van der Waals surface area (Å²) in [5.41, 5.74) is 7.82. The molecule has 4 aromatic rings. The van der Waals surface area contributed by atoms with Crippen LogP contribution >= 0.6 is 11.6 Å². The molecule has 0 saturated heterocycles. The molecule has 2 aromatic carbocycles. The maximum atomic E-state index is 13.0. The van der Waals surface area contributed by atoms with Gasteiger partial charge in [0.2, 0.25) is 0 Å². The van der Waals surface area contributed by atoms with Crippen LogP contribution in [-0.4, -0.2) is 20.4 Å². The summed E-state index contributed by atoms with van der Waals surface area (Å²) in [6.45, 7) is 6.37. The third-order valence-electron chi connectivity index (χ3n) is 6.30. The Hall–Kier alpha value is -2.98. The highest BCUT2D eigenvalue weighted by molar-refractivity contribution is 6.30. The van der Waals surface area contributed by atoms with Gasteiger partial charge in [0.15, 0.2) is 11.4 Å². The Morgan fingerprint density at radius 3 is 2.42 bits per heavy atom. The number of carbonyl (C=O) groups is 1. The second kappa shape index (κ2) is 7.61. The Bertz CT molecular complexity index is 1290. The molecule has 0 radical (unpaired) electrons. The molecule has 1 atom stereocenters. The first kappa shape index (κ1) is 20.0. The van der Waals surface area contributed by atoms with E-state index in [2.05, 4.69) is 43.1 Å². The molecule has 0 N–H and O–H groups in total. The minimum absolute atomic E-state index is 0.134. The van der Waals surface area contributed by atoms with Crippen LogP contribution in [0.25, 0.3) is 16.8 Å². The largest absolute Gasteiger partial charge is 0.294 e. The molecule has 0 bridgehead atoms. The van der Waals surface area contributed by atoms with E-state index in [4.69, 9.17) is 16.7 Å². The van der Waals surface area contributed by atoms with Gasteiger partial charge in [-0.25, -0.2) is 9.50 Å². The van der Waals surface area contributed by atoms with Crippen molar-refractivity contribution in [3.05, 3.63) is 87.8 Å². The molecular weight excluding hydrogens is 406 g/mol. The normalized spacial score (nSPS) is 16.2. The zero-order chi connectivity index (χ0) is 21.7. The molecule has 1 aliphatic carbocycles. The molecule has 4 nitrogen and oxygen atoms in total. The molecule has 0 saturated carbocycles. The zero-order valence-corrected chi connectivity index (χ0v) is 18.6. The monoisotopic (exact) mass is 429 g/mol. The number of ketones is 1. The van der Waals surface area contributed by atoms with E-state index in [0.29, 0.717) is 22.9 Å². The topological polar surface area (TPSA) is 47.3 Å². The second-order valence-corrected chi connectivity index (χ2v) is 9.11. The minimum Gasteiger partial charge on any atom is -0.294 e.